The average molecular weight is 277 g/mol. The molecule has 0 aliphatic rings. The number of hydrogen-bond donors (Lipinski definition) is 1. The minimum absolute atomic E-state index is 0.581. The highest BCUT2D eigenvalue weighted by Crippen LogP contribution is 2.24. The van der Waals surface area contributed by atoms with Crippen molar-refractivity contribution < 1.29 is 0 Å². The Morgan fingerprint density at radius 1 is 1.26 bits per heavy atom. The smallest absolute Gasteiger partial charge is 0.225 e. The fraction of sp³-hybridized carbons (Fsp3) is 0.286. The molecule has 0 amide bonds. The summed E-state index contributed by atoms with van der Waals surface area (Å²) < 4.78 is 0. The summed E-state index contributed by atoms with van der Waals surface area (Å²) in [5, 5.41) is 0.724. The third-order valence-electron chi connectivity index (χ3n) is 2.93. The zero-order chi connectivity index (χ0) is 13.8. The van der Waals surface area contributed by atoms with E-state index >= 15 is 0 Å². The molecule has 1 aromatic heterocycles. The van der Waals surface area contributed by atoms with Crippen LogP contribution >= 0.6 is 11.6 Å². The lowest BCUT2D eigenvalue weighted by Gasteiger charge is -2.17. The summed E-state index contributed by atoms with van der Waals surface area (Å²) >= 11 is 5.89. The van der Waals surface area contributed by atoms with Crippen LogP contribution in [0.2, 0.25) is 5.02 Å². The van der Waals surface area contributed by atoms with Gasteiger partial charge in [0.1, 0.15) is 0 Å². The van der Waals surface area contributed by atoms with E-state index in [2.05, 4.69) is 9.97 Å². The van der Waals surface area contributed by atoms with E-state index < -0.39 is 0 Å². The molecule has 0 radical (unpaired) electrons. The maximum atomic E-state index is 5.89. The molecule has 4 nitrogen and oxygen atoms in total. The van der Waals surface area contributed by atoms with Crippen LogP contribution in [0, 0.1) is 6.92 Å². The zero-order valence-electron chi connectivity index (χ0n) is 11.1. The normalized spacial score (nSPS) is 10.5. The predicted octanol–water partition coefficient (Wildman–Crippen LogP) is 2.50. The molecule has 0 aliphatic heterocycles. The molecule has 0 aliphatic carbocycles. The first-order valence-corrected chi connectivity index (χ1v) is 6.50. The molecule has 5 heteroatoms. The fourth-order valence-corrected chi connectivity index (χ4v) is 1.97. The SMILES string of the molecule is Cc1nc(N(C)CCN)ncc1-c1ccc(Cl)cc1. The molecule has 0 saturated heterocycles. The van der Waals surface area contributed by atoms with Crippen LogP contribution in [-0.2, 0) is 0 Å². The van der Waals surface area contributed by atoms with Crippen LogP contribution < -0.4 is 10.6 Å². The largest absolute Gasteiger partial charge is 0.343 e. The van der Waals surface area contributed by atoms with Crippen molar-refractivity contribution in [2.75, 3.05) is 25.0 Å². The molecule has 0 spiro atoms. The summed E-state index contributed by atoms with van der Waals surface area (Å²) in [5.74, 6) is 0.695. The van der Waals surface area contributed by atoms with Gasteiger partial charge in [-0.1, -0.05) is 23.7 Å². The van der Waals surface area contributed by atoms with Gasteiger partial charge in [-0.25, -0.2) is 9.97 Å². The maximum absolute atomic E-state index is 5.89. The van der Waals surface area contributed by atoms with Crippen LogP contribution in [0.5, 0.6) is 0 Å². The van der Waals surface area contributed by atoms with Crippen molar-refractivity contribution in [2.24, 2.45) is 5.73 Å². The van der Waals surface area contributed by atoms with Gasteiger partial charge in [0.15, 0.2) is 0 Å². The third-order valence-corrected chi connectivity index (χ3v) is 3.18. The van der Waals surface area contributed by atoms with Crippen LogP contribution in [0.3, 0.4) is 0 Å². The molecule has 0 bridgehead atoms. The lowest BCUT2D eigenvalue weighted by molar-refractivity contribution is 0.841. The Kier molecular flexibility index (Phi) is 4.35. The number of aromatic nitrogens is 2. The summed E-state index contributed by atoms with van der Waals surface area (Å²) in [6, 6.07) is 7.67. The van der Waals surface area contributed by atoms with Crippen LogP contribution in [0.4, 0.5) is 5.95 Å². The fourth-order valence-electron chi connectivity index (χ4n) is 1.85. The van der Waals surface area contributed by atoms with Crippen LogP contribution in [-0.4, -0.2) is 30.1 Å². The molecule has 0 atom stereocenters. The number of rotatable bonds is 4. The molecule has 1 aromatic carbocycles. The van der Waals surface area contributed by atoms with E-state index in [1.807, 2.05) is 49.3 Å². The van der Waals surface area contributed by atoms with Gasteiger partial charge in [-0.05, 0) is 24.6 Å². The highest BCUT2D eigenvalue weighted by Gasteiger charge is 2.08. The minimum Gasteiger partial charge on any atom is -0.343 e. The summed E-state index contributed by atoms with van der Waals surface area (Å²) in [5.41, 5.74) is 8.55. The molecule has 1 heterocycles. The van der Waals surface area contributed by atoms with Crippen molar-refractivity contribution >= 4 is 17.5 Å². The first-order chi connectivity index (χ1) is 9.11. The molecular formula is C14H17ClN4. The monoisotopic (exact) mass is 276 g/mol. The number of anilines is 1. The molecule has 2 N–H and O–H groups in total. The number of halogens is 1. The quantitative estimate of drug-likeness (QED) is 0.932. The van der Waals surface area contributed by atoms with Gasteiger partial charge in [0, 0.05) is 36.9 Å². The molecule has 0 fully saturated rings. The Balaban J connectivity index is 2.31. The van der Waals surface area contributed by atoms with Crippen LogP contribution in [0.1, 0.15) is 5.69 Å². The van der Waals surface area contributed by atoms with Gasteiger partial charge in [-0.2, -0.15) is 0 Å². The van der Waals surface area contributed by atoms with Gasteiger partial charge >= 0.3 is 0 Å². The lowest BCUT2D eigenvalue weighted by atomic mass is 10.1. The Labute approximate surface area is 118 Å². The van der Waals surface area contributed by atoms with E-state index in [-0.39, 0.29) is 0 Å². The second-order valence-corrected chi connectivity index (χ2v) is 4.82. The lowest BCUT2D eigenvalue weighted by Crippen LogP contribution is -2.26. The first kappa shape index (κ1) is 13.8. The number of hydrogen-bond acceptors (Lipinski definition) is 4. The molecule has 2 rings (SSSR count). The molecule has 100 valence electrons. The van der Waals surface area contributed by atoms with Crippen molar-refractivity contribution in [3.63, 3.8) is 0 Å². The number of likely N-dealkylation sites (N-methyl/N-ethyl adjacent to an activating group) is 1. The van der Waals surface area contributed by atoms with Gasteiger partial charge in [-0.15, -0.1) is 0 Å². The van der Waals surface area contributed by atoms with Gasteiger partial charge in [0.2, 0.25) is 5.95 Å². The van der Waals surface area contributed by atoms with Crippen molar-refractivity contribution in [3.8, 4) is 11.1 Å². The van der Waals surface area contributed by atoms with Gasteiger partial charge < -0.3 is 10.6 Å². The zero-order valence-corrected chi connectivity index (χ0v) is 11.9. The molecule has 2 aromatic rings. The Morgan fingerprint density at radius 3 is 2.53 bits per heavy atom. The summed E-state index contributed by atoms with van der Waals surface area (Å²) in [6.07, 6.45) is 1.84. The van der Waals surface area contributed by atoms with Gasteiger partial charge in [-0.3, -0.25) is 0 Å². The third kappa shape index (κ3) is 3.22. The van der Waals surface area contributed by atoms with E-state index in [1.165, 1.54) is 0 Å². The van der Waals surface area contributed by atoms with E-state index in [0.717, 1.165) is 28.4 Å². The summed E-state index contributed by atoms with van der Waals surface area (Å²) in [7, 11) is 1.93. The molecule has 19 heavy (non-hydrogen) atoms. The van der Waals surface area contributed by atoms with Gasteiger partial charge in [0.05, 0.1) is 5.69 Å². The topological polar surface area (TPSA) is 55.0 Å². The van der Waals surface area contributed by atoms with Crippen LogP contribution in [0.15, 0.2) is 30.5 Å². The van der Waals surface area contributed by atoms with Crippen molar-refractivity contribution in [2.45, 2.75) is 6.92 Å². The summed E-state index contributed by atoms with van der Waals surface area (Å²) in [6.45, 7) is 3.29. The number of nitrogens with two attached hydrogens (primary N) is 1. The van der Waals surface area contributed by atoms with E-state index in [0.29, 0.717) is 12.5 Å². The first-order valence-electron chi connectivity index (χ1n) is 6.12. The Hall–Kier alpha value is -1.65. The number of benzene rings is 1. The number of aryl methyl sites for hydroxylation is 1. The second-order valence-electron chi connectivity index (χ2n) is 4.39. The maximum Gasteiger partial charge on any atom is 0.225 e. The van der Waals surface area contributed by atoms with E-state index in [1.54, 1.807) is 0 Å². The van der Waals surface area contributed by atoms with Crippen molar-refractivity contribution in [1.82, 2.24) is 9.97 Å². The molecular weight excluding hydrogens is 260 g/mol. The van der Waals surface area contributed by atoms with Gasteiger partial charge in [0.25, 0.3) is 0 Å². The van der Waals surface area contributed by atoms with Crippen molar-refractivity contribution in [1.29, 1.82) is 0 Å². The highest BCUT2D eigenvalue weighted by molar-refractivity contribution is 6.30. The second kappa shape index (κ2) is 5.99. The highest BCUT2D eigenvalue weighted by atomic mass is 35.5. The molecule has 0 unspecified atom stereocenters. The van der Waals surface area contributed by atoms with Crippen LogP contribution in [0.25, 0.3) is 11.1 Å². The average Bonchev–Trinajstić information content (AvgIpc) is 2.40. The van der Waals surface area contributed by atoms with E-state index in [9.17, 15) is 0 Å². The standard InChI is InChI=1S/C14H17ClN4/c1-10-13(11-3-5-12(15)6-4-11)9-17-14(18-10)19(2)8-7-16/h3-6,9H,7-8,16H2,1-2H3. The molecule has 0 saturated carbocycles. The Bertz CT molecular complexity index is 554. The number of nitrogens with zero attached hydrogens (tertiary/aromatic N) is 3. The Morgan fingerprint density at radius 2 is 1.95 bits per heavy atom. The summed E-state index contributed by atoms with van der Waals surface area (Å²) in [4.78, 5) is 10.8. The van der Waals surface area contributed by atoms with E-state index in [4.69, 9.17) is 17.3 Å². The predicted molar refractivity (Wildman–Crippen MR) is 79.5 cm³/mol. The van der Waals surface area contributed by atoms with Crippen molar-refractivity contribution in [3.05, 3.63) is 41.2 Å². The minimum atomic E-state index is 0.581.